The van der Waals surface area contributed by atoms with E-state index < -0.39 is 5.97 Å². The summed E-state index contributed by atoms with van der Waals surface area (Å²) < 4.78 is 5.03. The highest BCUT2D eigenvalue weighted by atomic mass is 16.4. The van der Waals surface area contributed by atoms with Crippen LogP contribution in [-0.2, 0) is 0 Å². The molecular weight excluding hydrogens is 248 g/mol. The number of carbonyl (C=O) groups excluding carboxylic acids is 1. The molecule has 1 aliphatic rings. The predicted octanol–water partition coefficient (Wildman–Crippen LogP) is 1.14. The Bertz CT molecular complexity index is 473. The predicted molar refractivity (Wildman–Crippen MR) is 68.3 cm³/mol. The molecule has 1 aromatic rings. The number of furan rings is 1. The van der Waals surface area contributed by atoms with Gasteiger partial charge in [-0.1, -0.05) is 0 Å². The third-order valence-electron chi connectivity index (χ3n) is 3.39. The Hall–Kier alpha value is -1.82. The first-order chi connectivity index (χ1) is 8.99. The van der Waals surface area contributed by atoms with Gasteiger partial charge in [-0.25, -0.2) is 4.79 Å². The first kappa shape index (κ1) is 13.6. The monoisotopic (exact) mass is 266 g/mol. The zero-order valence-corrected chi connectivity index (χ0v) is 11.1. The van der Waals surface area contributed by atoms with Crippen LogP contribution < -0.4 is 0 Å². The van der Waals surface area contributed by atoms with E-state index in [2.05, 4.69) is 18.7 Å². The SMILES string of the molecule is CC(C)N1CCN(C(=O)c2cc(C(=O)O)co2)CC1. The van der Waals surface area contributed by atoms with Crippen molar-refractivity contribution < 1.29 is 19.1 Å². The van der Waals surface area contributed by atoms with Crippen molar-refractivity contribution in [2.75, 3.05) is 26.2 Å². The molecule has 1 saturated heterocycles. The number of nitrogens with zero attached hydrogens (tertiary/aromatic N) is 2. The maximum Gasteiger partial charge on any atom is 0.338 e. The van der Waals surface area contributed by atoms with Crippen molar-refractivity contribution in [1.29, 1.82) is 0 Å². The summed E-state index contributed by atoms with van der Waals surface area (Å²) in [4.78, 5) is 26.9. The van der Waals surface area contributed by atoms with E-state index in [-0.39, 0.29) is 17.2 Å². The Morgan fingerprint density at radius 3 is 2.37 bits per heavy atom. The molecule has 0 unspecified atom stereocenters. The topological polar surface area (TPSA) is 74.0 Å². The van der Waals surface area contributed by atoms with E-state index in [1.807, 2.05) is 0 Å². The average Bonchev–Trinajstić information content (AvgIpc) is 2.87. The maximum absolute atomic E-state index is 12.1. The summed E-state index contributed by atoms with van der Waals surface area (Å²) in [6, 6.07) is 1.75. The van der Waals surface area contributed by atoms with Crippen LogP contribution in [0.4, 0.5) is 0 Å². The minimum Gasteiger partial charge on any atom is -0.478 e. The van der Waals surface area contributed by atoms with E-state index in [1.165, 1.54) is 6.07 Å². The number of piperazine rings is 1. The lowest BCUT2D eigenvalue weighted by atomic mass is 10.2. The van der Waals surface area contributed by atoms with E-state index in [0.29, 0.717) is 19.1 Å². The van der Waals surface area contributed by atoms with Gasteiger partial charge in [-0.05, 0) is 13.8 Å². The third-order valence-corrected chi connectivity index (χ3v) is 3.39. The Kier molecular flexibility index (Phi) is 3.90. The Morgan fingerprint density at radius 1 is 1.26 bits per heavy atom. The van der Waals surface area contributed by atoms with Gasteiger partial charge in [0, 0.05) is 38.3 Å². The summed E-state index contributed by atoms with van der Waals surface area (Å²) in [5, 5.41) is 8.79. The fourth-order valence-electron chi connectivity index (χ4n) is 2.16. The zero-order chi connectivity index (χ0) is 14.0. The molecule has 1 fully saturated rings. The molecule has 6 heteroatoms. The van der Waals surface area contributed by atoms with Gasteiger partial charge in [0.15, 0.2) is 5.76 Å². The highest BCUT2D eigenvalue weighted by Gasteiger charge is 2.25. The highest BCUT2D eigenvalue weighted by Crippen LogP contribution is 2.13. The maximum atomic E-state index is 12.1. The van der Waals surface area contributed by atoms with E-state index in [1.54, 1.807) is 4.90 Å². The number of aromatic carboxylic acids is 1. The minimum absolute atomic E-state index is 0.00386. The normalized spacial score (nSPS) is 16.9. The Balaban J connectivity index is 1.99. The van der Waals surface area contributed by atoms with Crippen LogP contribution >= 0.6 is 0 Å². The van der Waals surface area contributed by atoms with Crippen LogP contribution in [-0.4, -0.2) is 59.0 Å². The second-order valence-electron chi connectivity index (χ2n) is 4.93. The largest absolute Gasteiger partial charge is 0.478 e. The van der Waals surface area contributed by atoms with Crippen molar-refractivity contribution in [2.45, 2.75) is 19.9 Å². The number of carboxylic acids is 1. The number of carboxylic acid groups (broad SMARTS) is 1. The molecule has 1 N–H and O–H groups in total. The first-order valence-corrected chi connectivity index (χ1v) is 6.34. The molecule has 1 amide bonds. The number of rotatable bonds is 3. The van der Waals surface area contributed by atoms with Crippen LogP contribution in [0.15, 0.2) is 16.7 Å². The lowest BCUT2D eigenvalue weighted by Gasteiger charge is -2.36. The summed E-state index contributed by atoms with van der Waals surface area (Å²) in [6.45, 7) is 7.19. The zero-order valence-electron chi connectivity index (χ0n) is 11.1. The second kappa shape index (κ2) is 5.44. The lowest BCUT2D eigenvalue weighted by Crippen LogP contribution is -2.50. The van der Waals surface area contributed by atoms with Gasteiger partial charge in [-0.2, -0.15) is 0 Å². The fourth-order valence-corrected chi connectivity index (χ4v) is 2.16. The van der Waals surface area contributed by atoms with Crippen LogP contribution in [0.2, 0.25) is 0 Å². The summed E-state index contributed by atoms with van der Waals surface area (Å²) >= 11 is 0. The molecule has 2 rings (SSSR count). The molecule has 0 spiro atoms. The number of hydrogen-bond acceptors (Lipinski definition) is 4. The third kappa shape index (κ3) is 2.96. The Morgan fingerprint density at radius 2 is 1.89 bits per heavy atom. The van der Waals surface area contributed by atoms with Crippen molar-refractivity contribution in [3.8, 4) is 0 Å². The molecule has 0 aromatic carbocycles. The Labute approximate surface area is 111 Å². The van der Waals surface area contributed by atoms with Gasteiger partial charge < -0.3 is 14.4 Å². The molecule has 0 aliphatic carbocycles. The molecule has 1 aliphatic heterocycles. The van der Waals surface area contributed by atoms with Gasteiger partial charge in [0.05, 0.1) is 5.56 Å². The summed E-state index contributed by atoms with van der Waals surface area (Å²) in [6.07, 6.45) is 1.10. The first-order valence-electron chi connectivity index (χ1n) is 6.34. The summed E-state index contributed by atoms with van der Waals surface area (Å²) in [5.41, 5.74) is 0.00386. The molecule has 6 nitrogen and oxygen atoms in total. The molecular formula is C13H18N2O4. The van der Waals surface area contributed by atoms with Crippen molar-refractivity contribution in [3.05, 3.63) is 23.7 Å². The van der Waals surface area contributed by atoms with Crippen molar-refractivity contribution in [3.63, 3.8) is 0 Å². The number of carbonyl (C=O) groups is 2. The summed E-state index contributed by atoms with van der Waals surface area (Å²) in [7, 11) is 0. The lowest BCUT2D eigenvalue weighted by molar-refractivity contribution is 0.0565. The summed E-state index contributed by atoms with van der Waals surface area (Å²) in [5.74, 6) is -1.24. The van der Waals surface area contributed by atoms with Crippen LogP contribution in [0.1, 0.15) is 34.8 Å². The molecule has 0 atom stereocenters. The average molecular weight is 266 g/mol. The highest BCUT2D eigenvalue weighted by molar-refractivity contribution is 5.95. The number of hydrogen-bond donors (Lipinski definition) is 1. The second-order valence-corrected chi connectivity index (χ2v) is 4.93. The van der Waals surface area contributed by atoms with Gasteiger partial charge >= 0.3 is 5.97 Å². The van der Waals surface area contributed by atoms with E-state index >= 15 is 0 Å². The van der Waals surface area contributed by atoms with Gasteiger partial charge in [0.2, 0.25) is 0 Å². The van der Waals surface area contributed by atoms with Crippen LogP contribution in [0, 0.1) is 0 Å². The smallest absolute Gasteiger partial charge is 0.338 e. The van der Waals surface area contributed by atoms with Gasteiger partial charge in [-0.3, -0.25) is 9.69 Å². The van der Waals surface area contributed by atoms with Gasteiger partial charge in [-0.15, -0.1) is 0 Å². The molecule has 1 aromatic heterocycles. The molecule has 0 radical (unpaired) electrons. The molecule has 2 heterocycles. The van der Waals surface area contributed by atoms with Crippen molar-refractivity contribution in [1.82, 2.24) is 9.80 Å². The number of amides is 1. The van der Waals surface area contributed by atoms with Crippen LogP contribution in [0.5, 0.6) is 0 Å². The van der Waals surface area contributed by atoms with E-state index in [4.69, 9.17) is 9.52 Å². The van der Waals surface area contributed by atoms with Crippen LogP contribution in [0.3, 0.4) is 0 Å². The van der Waals surface area contributed by atoms with Crippen LogP contribution in [0.25, 0.3) is 0 Å². The minimum atomic E-state index is -1.09. The van der Waals surface area contributed by atoms with Crippen molar-refractivity contribution >= 4 is 11.9 Å². The molecule has 104 valence electrons. The molecule has 0 bridgehead atoms. The van der Waals surface area contributed by atoms with Gasteiger partial charge in [0.25, 0.3) is 5.91 Å². The van der Waals surface area contributed by atoms with Crippen molar-refractivity contribution in [2.24, 2.45) is 0 Å². The molecule has 19 heavy (non-hydrogen) atoms. The van der Waals surface area contributed by atoms with E-state index in [9.17, 15) is 9.59 Å². The molecule has 0 saturated carbocycles. The standard InChI is InChI=1S/C13H18N2O4/c1-9(2)14-3-5-15(6-4-14)12(16)11-7-10(8-19-11)13(17)18/h7-9H,3-6H2,1-2H3,(H,17,18). The van der Waals surface area contributed by atoms with E-state index in [0.717, 1.165) is 19.4 Å². The fraction of sp³-hybridized carbons (Fsp3) is 0.538. The van der Waals surface area contributed by atoms with Gasteiger partial charge in [0.1, 0.15) is 6.26 Å². The quantitative estimate of drug-likeness (QED) is 0.888.